The Bertz CT molecular complexity index is 1400. The van der Waals surface area contributed by atoms with Crippen molar-refractivity contribution in [1.82, 2.24) is 4.98 Å². The summed E-state index contributed by atoms with van der Waals surface area (Å²) in [5, 5.41) is 0. The molecule has 5 rings (SSSR count). The number of oxazole rings is 1. The maximum absolute atomic E-state index is 6.08. The van der Waals surface area contributed by atoms with E-state index in [0.717, 1.165) is 22.2 Å². The first-order chi connectivity index (χ1) is 16.0. The lowest BCUT2D eigenvalue weighted by Crippen LogP contribution is -2.11. The highest BCUT2D eigenvalue weighted by atomic mass is 16.3. The molecule has 0 saturated carbocycles. The van der Waals surface area contributed by atoms with Crippen molar-refractivity contribution >= 4 is 23.3 Å². The molecule has 0 aliphatic carbocycles. The van der Waals surface area contributed by atoms with E-state index in [1.807, 2.05) is 18.2 Å². The highest BCUT2D eigenvalue weighted by Crippen LogP contribution is 2.32. The van der Waals surface area contributed by atoms with Crippen LogP contribution in [-0.4, -0.2) is 4.98 Å². The molecule has 0 spiro atoms. The second-order valence-electron chi connectivity index (χ2n) is 9.36. The molecule has 2 nitrogen and oxygen atoms in total. The zero-order chi connectivity index (χ0) is 22.8. The number of nitrogens with zero attached hydrogens (tertiary/aromatic N) is 1. The van der Waals surface area contributed by atoms with E-state index >= 15 is 0 Å². The third-order valence-electron chi connectivity index (χ3n) is 5.87. The molecule has 0 atom stereocenters. The van der Waals surface area contributed by atoms with Gasteiger partial charge in [-0.3, -0.25) is 0 Å². The molecule has 162 valence electrons. The topological polar surface area (TPSA) is 26.0 Å². The number of aromatic nitrogens is 1. The zero-order valence-electron chi connectivity index (χ0n) is 19.2. The van der Waals surface area contributed by atoms with Gasteiger partial charge in [-0.05, 0) is 51.4 Å². The summed E-state index contributed by atoms with van der Waals surface area (Å²) < 4.78 is 6.08. The smallest absolute Gasteiger partial charge is 0.227 e. The molecule has 0 amide bonds. The largest absolute Gasteiger partial charge is 0.436 e. The predicted molar refractivity (Wildman–Crippen MR) is 139 cm³/mol. The van der Waals surface area contributed by atoms with Gasteiger partial charge in [0.15, 0.2) is 5.58 Å². The van der Waals surface area contributed by atoms with Crippen LogP contribution in [0.15, 0.2) is 101 Å². The Morgan fingerprint density at radius 2 is 1.18 bits per heavy atom. The van der Waals surface area contributed by atoms with Crippen molar-refractivity contribution in [3.8, 4) is 22.6 Å². The van der Waals surface area contributed by atoms with Gasteiger partial charge in [-0.15, -0.1) is 0 Å². The van der Waals surface area contributed by atoms with Gasteiger partial charge in [0.25, 0.3) is 0 Å². The second kappa shape index (κ2) is 8.55. The van der Waals surface area contributed by atoms with Crippen molar-refractivity contribution in [2.24, 2.45) is 0 Å². The van der Waals surface area contributed by atoms with Gasteiger partial charge in [0.1, 0.15) is 5.52 Å². The van der Waals surface area contributed by atoms with Crippen LogP contribution in [0.3, 0.4) is 0 Å². The molecule has 0 unspecified atom stereocenters. The number of rotatable bonds is 4. The van der Waals surface area contributed by atoms with E-state index in [9.17, 15) is 0 Å². The molecular weight excluding hydrogens is 402 g/mol. The standard InChI is InChI=1S/C31H27NO/c1-31(2,3)27-10-7-11-28-29(27)32-30(33-28)26-20-16-23(17-21-26)13-12-22-14-18-25(19-15-22)24-8-5-4-6-9-24/h4-21H,1-3H3. The minimum atomic E-state index is 0.0155. The molecule has 2 heteroatoms. The molecule has 0 bridgehead atoms. The lowest BCUT2D eigenvalue weighted by molar-refractivity contribution is 0.593. The van der Waals surface area contributed by atoms with Gasteiger partial charge in [0, 0.05) is 5.56 Å². The molecule has 1 aromatic heterocycles. The molecule has 0 radical (unpaired) electrons. The summed E-state index contributed by atoms with van der Waals surface area (Å²) in [5.74, 6) is 0.661. The molecule has 0 aliphatic heterocycles. The van der Waals surface area contributed by atoms with Crippen LogP contribution in [0.4, 0.5) is 0 Å². The first-order valence-electron chi connectivity index (χ1n) is 11.3. The molecule has 33 heavy (non-hydrogen) atoms. The minimum absolute atomic E-state index is 0.0155. The normalized spacial score (nSPS) is 12.0. The Kier molecular flexibility index (Phi) is 5.43. The number of hydrogen-bond donors (Lipinski definition) is 0. The van der Waals surface area contributed by atoms with E-state index in [0.29, 0.717) is 5.89 Å². The summed E-state index contributed by atoms with van der Waals surface area (Å²) in [6, 6.07) is 33.6. The third-order valence-corrected chi connectivity index (χ3v) is 5.87. The van der Waals surface area contributed by atoms with Gasteiger partial charge in [-0.2, -0.15) is 0 Å². The van der Waals surface area contributed by atoms with Crippen LogP contribution >= 0.6 is 0 Å². The summed E-state index contributed by atoms with van der Waals surface area (Å²) in [6.45, 7) is 6.60. The zero-order valence-corrected chi connectivity index (χ0v) is 19.2. The van der Waals surface area contributed by atoms with Crippen LogP contribution in [0.5, 0.6) is 0 Å². The number of hydrogen-bond acceptors (Lipinski definition) is 2. The Hall–Kier alpha value is -3.91. The molecule has 0 aliphatic rings. The lowest BCUT2D eigenvalue weighted by Gasteiger charge is -2.18. The van der Waals surface area contributed by atoms with E-state index in [1.165, 1.54) is 22.3 Å². The average Bonchev–Trinajstić information content (AvgIpc) is 3.28. The van der Waals surface area contributed by atoms with Gasteiger partial charge < -0.3 is 4.42 Å². The van der Waals surface area contributed by atoms with Crippen LogP contribution in [0.1, 0.15) is 37.5 Å². The summed E-state index contributed by atoms with van der Waals surface area (Å²) in [7, 11) is 0. The summed E-state index contributed by atoms with van der Waals surface area (Å²) in [6.07, 6.45) is 4.27. The Labute approximate surface area is 195 Å². The molecule has 4 aromatic carbocycles. The fraction of sp³-hybridized carbons (Fsp3) is 0.129. The van der Waals surface area contributed by atoms with Crippen LogP contribution in [0.25, 0.3) is 45.8 Å². The monoisotopic (exact) mass is 429 g/mol. The van der Waals surface area contributed by atoms with Crippen molar-refractivity contribution in [3.63, 3.8) is 0 Å². The fourth-order valence-corrected chi connectivity index (χ4v) is 4.02. The average molecular weight is 430 g/mol. The van der Waals surface area contributed by atoms with Crippen molar-refractivity contribution in [2.45, 2.75) is 26.2 Å². The van der Waals surface area contributed by atoms with E-state index in [1.54, 1.807) is 0 Å². The molecule has 0 fully saturated rings. The van der Waals surface area contributed by atoms with E-state index in [-0.39, 0.29) is 5.41 Å². The number of benzene rings is 4. The SMILES string of the molecule is CC(C)(C)c1cccc2oc(-c3ccc(C=Cc4ccc(-c5ccccc5)cc4)cc3)nc12. The first kappa shape index (κ1) is 21.0. The van der Waals surface area contributed by atoms with Crippen molar-refractivity contribution in [2.75, 3.05) is 0 Å². The fourth-order valence-electron chi connectivity index (χ4n) is 4.02. The number of para-hydroxylation sites is 1. The maximum Gasteiger partial charge on any atom is 0.227 e. The first-order valence-corrected chi connectivity index (χ1v) is 11.3. The Balaban J connectivity index is 1.34. The highest BCUT2D eigenvalue weighted by molar-refractivity contribution is 5.81. The molecule has 0 saturated heterocycles. The molecule has 0 N–H and O–H groups in total. The maximum atomic E-state index is 6.08. The molecular formula is C31H27NO. The summed E-state index contributed by atoms with van der Waals surface area (Å²) in [4.78, 5) is 4.82. The van der Waals surface area contributed by atoms with Gasteiger partial charge in [-0.25, -0.2) is 4.98 Å². The van der Waals surface area contributed by atoms with Crippen LogP contribution < -0.4 is 0 Å². The quantitative estimate of drug-likeness (QED) is 0.267. The van der Waals surface area contributed by atoms with Crippen molar-refractivity contribution in [3.05, 3.63) is 114 Å². The van der Waals surface area contributed by atoms with Gasteiger partial charge >= 0.3 is 0 Å². The van der Waals surface area contributed by atoms with Crippen LogP contribution in [0, 0.1) is 0 Å². The number of fused-ring (bicyclic) bond motifs is 1. The minimum Gasteiger partial charge on any atom is -0.436 e. The van der Waals surface area contributed by atoms with Crippen molar-refractivity contribution < 1.29 is 4.42 Å². The Morgan fingerprint density at radius 1 is 0.606 bits per heavy atom. The third kappa shape index (κ3) is 4.51. The van der Waals surface area contributed by atoms with Crippen molar-refractivity contribution in [1.29, 1.82) is 0 Å². The van der Waals surface area contributed by atoms with Crippen LogP contribution in [-0.2, 0) is 5.41 Å². The second-order valence-corrected chi connectivity index (χ2v) is 9.36. The highest BCUT2D eigenvalue weighted by Gasteiger charge is 2.20. The van der Waals surface area contributed by atoms with Crippen LogP contribution in [0.2, 0.25) is 0 Å². The summed E-state index contributed by atoms with van der Waals surface area (Å²) >= 11 is 0. The molecule has 5 aromatic rings. The van der Waals surface area contributed by atoms with E-state index in [2.05, 4.69) is 112 Å². The van der Waals surface area contributed by atoms with Gasteiger partial charge in [0.2, 0.25) is 5.89 Å². The van der Waals surface area contributed by atoms with E-state index in [4.69, 9.17) is 9.40 Å². The predicted octanol–water partition coefficient (Wildman–Crippen LogP) is 8.63. The summed E-state index contributed by atoms with van der Waals surface area (Å²) in [5.41, 5.74) is 8.75. The Morgan fingerprint density at radius 3 is 1.79 bits per heavy atom. The molecule has 1 heterocycles. The van der Waals surface area contributed by atoms with Gasteiger partial charge in [-0.1, -0.05) is 112 Å². The lowest BCUT2D eigenvalue weighted by atomic mass is 9.86. The van der Waals surface area contributed by atoms with Gasteiger partial charge in [0.05, 0.1) is 0 Å². The van der Waals surface area contributed by atoms with E-state index < -0.39 is 0 Å².